The van der Waals surface area contributed by atoms with Gasteiger partial charge in [0.1, 0.15) is 6.61 Å². The van der Waals surface area contributed by atoms with Crippen LogP contribution in [0.5, 0.6) is 23.0 Å². The number of nitrogens with one attached hydrogen (secondary N) is 1. The van der Waals surface area contributed by atoms with E-state index in [0.29, 0.717) is 46.1 Å². The number of benzene rings is 2. The minimum atomic E-state index is -0.410. The largest absolute Gasteiger partial charge is 0.503 e. The first kappa shape index (κ1) is 21.3. The second-order valence-electron chi connectivity index (χ2n) is 5.45. The molecule has 2 rings (SSSR count). The highest BCUT2D eigenvalue weighted by Gasteiger charge is 2.11. The van der Waals surface area contributed by atoms with Gasteiger partial charge in [-0.1, -0.05) is 12.7 Å². The number of hydrogen-bond donors (Lipinski definition) is 2. The van der Waals surface area contributed by atoms with Crippen LogP contribution in [0.25, 0.3) is 0 Å². The fraction of sp³-hybridized carbons (Fsp3) is 0.200. The van der Waals surface area contributed by atoms with Gasteiger partial charge in [0.05, 0.1) is 24.4 Å². The smallest absolute Gasteiger partial charge is 0.271 e. The number of aromatic hydroxyl groups is 1. The van der Waals surface area contributed by atoms with Crippen LogP contribution in [-0.2, 0) is 0 Å². The summed E-state index contributed by atoms with van der Waals surface area (Å²) in [5.74, 6) is 0.869. The van der Waals surface area contributed by atoms with E-state index >= 15 is 0 Å². The van der Waals surface area contributed by atoms with Gasteiger partial charge in [0.15, 0.2) is 23.0 Å². The number of methoxy groups -OCH3 is 1. The normalized spacial score (nSPS) is 10.5. The quantitative estimate of drug-likeness (QED) is 0.345. The Hall–Kier alpha value is -3.00. The Kier molecular flexibility index (Phi) is 7.88. The average molecular weight is 449 g/mol. The number of carbonyl (C=O) groups excluding carboxylic acids is 1. The molecule has 8 heteroatoms. The second kappa shape index (κ2) is 10.4. The molecule has 2 aromatic rings. The molecule has 0 fully saturated rings. The number of ether oxygens (including phenoxy) is 3. The number of phenols is 1. The Morgan fingerprint density at radius 2 is 2.04 bits per heavy atom. The van der Waals surface area contributed by atoms with Crippen molar-refractivity contribution in [1.82, 2.24) is 5.43 Å². The molecule has 0 saturated heterocycles. The van der Waals surface area contributed by atoms with Crippen molar-refractivity contribution in [3.8, 4) is 23.0 Å². The fourth-order valence-corrected chi connectivity index (χ4v) is 2.70. The molecule has 7 nitrogen and oxygen atoms in total. The van der Waals surface area contributed by atoms with Crippen LogP contribution in [0.15, 0.2) is 52.6 Å². The molecule has 0 heterocycles. The summed E-state index contributed by atoms with van der Waals surface area (Å²) in [4.78, 5) is 12.3. The van der Waals surface area contributed by atoms with Gasteiger partial charge in [0, 0.05) is 5.56 Å². The summed E-state index contributed by atoms with van der Waals surface area (Å²) >= 11 is 3.25. The first-order chi connectivity index (χ1) is 13.5. The zero-order valence-electron chi connectivity index (χ0n) is 15.6. The molecule has 0 aromatic heterocycles. The summed E-state index contributed by atoms with van der Waals surface area (Å²) < 4.78 is 16.5. The van der Waals surface area contributed by atoms with Crippen LogP contribution < -0.4 is 19.6 Å². The molecule has 0 aliphatic carbocycles. The molecule has 0 bridgehead atoms. The minimum Gasteiger partial charge on any atom is -0.503 e. The molecule has 0 aliphatic rings. The van der Waals surface area contributed by atoms with E-state index < -0.39 is 5.91 Å². The van der Waals surface area contributed by atoms with E-state index in [-0.39, 0.29) is 5.75 Å². The van der Waals surface area contributed by atoms with Gasteiger partial charge >= 0.3 is 0 Å². The third-order valence-corrected chi connectivity index (χ3v) is 4.12. The van der Waals surface area contributed by atoms with Crippen LogP contribution >= 0.6 is 15.9 Å². The number of carbonyl (C=O) groups is 1. The summed E-state index contributed by atoms with van der Waals surface area (Å²) in [6, 6.07) is 8.09. The first-order valence-electron chi connectivity index (χ1n) is 8.40. The predicted molar refractivity (Wildman–Crippen MR) is 111 cm³/mol. The Morgan fingerprint density at radius 1 is 1.25 bits per heavy atom. The Labute approximate surface area is 171 Å². The number of halogens is 1. The third kappa shape index (κ3) is 5.50. The topological polar surface area (TPSA) is 89.4 Å². The van der Waals surface area contributed by atoms with Gasteiger partial charge in [-0.3, -0.25) is 4.79 Å². The summed E-state index contributed by atoms with van der Waals surface area (Å²) in [6.07, 6.45) is 3.07. The number of amides is 1. The molecule has 2 N–H and O–H groups in total. The van der Waals surface area contributed by atoms with Crippen molar-refractivity contribution in [2.45, 2.75) is 6.92 Å². The van der Waals surface area contributed by atoms with E-state index in [4.69, 9.17) is 14.2 Å². The first-order valence-corrected chi connectivity index (χ1v) is 9.19. The van der Waals surface area contributed by atoms with Gasteiger partial charge in [-0.25, -0.2) is 5.43 Å². The van der Waals surface area contributed by atoms with Crippen LogP contribution in [0.4, 0.5) is 0 Å². The highest BCUT2D eigenvalue weighted by Crippen LogP contribution is 2.35. The molecule has 0 atom stereocenters. The minimum absolute atomic E-state index is 0.00823. The molecule has 0 aliphatic heterocycles. The lowest BCUT2D eigenvalue weighted by atomic mass is 10.2. The van der Waals surface area contributed by atoms with Crippen molar-refractivity contribution in [1.29, 1.82) is 0 Å². The van der Waals surface area contributed by atoms with Crippen molar-refractivity contribution < 1.29 is 24.1 Å². The molecule has 1 amide bonds. The van der Waals surface area contributed by atoms with Crippen LogP contribution in [0.2, 0.25) is 0 Å². The third-order valence-electron chi connectivity index (χ3n) is 3.51. The van der Waals surface area contributed by atoms with Crippen LogP contribution in [0.1, 0.15) is 22.8 Å². The number of hydrazone groups is 1. The number of nitrogens with zero attached hydrogens (tertiary/aromatic N) is 1. The molecule has 0 radical (unpaired) electrons. The van der Waals surface area contributed by atoms with E-state index in [2.05, 4.69) is 33.0 Å². The van der Waals surface area contributed by atoms with Crippen molar-refractivity contribution in [2.75, 3.05) is 20.3 Å². The number of rotatable bonds is 9. The zero-order valence-corrected chi connectivity index (χ0v) is 17.2. The fourth-order valence-electron chi connectivity index (χ4n) is 2.24. The highest BCUT2D eigenvalue weighted by molar-refractivity contribution is 9.10. The summed E-state index contributed by atoms with van der Waals surface area (Å²) in [6.45, 7) is 6.15. The van der Waals surface area contributed by atoms with Crippen molar-refractivity contribution in [3.63, 3.8) is 0 Å². The Balaban J connectivity index is 2.10. The van der Waals surface area contributed by atoms with E-state index in [9.17, 15) is 9.90 Å². The van der Waals surface area contributed by atoms with Gasteiger partial charge in [-0.15, -0.1) is 0 Å². The van der Waals surface area contributed by atoms with Crippen LogP contribution in [0.3, 0.4) is 0 Å². The SMILES string of the molecule is C=CCOc1ccc(C(=O)N/N=C/c2cc(Br)c(O)c(OCC)c2)cc1OC. The lowest BCUT2D eigenvalue weighted by Crippen LogP contribution is -2.17. The average Bonchev–Trinajstić information content (AvgIpc) is 2.70. The van der Waals surface area contributed by atoms with E-state index in [1.165, 1.54) is 13.3 Å². The standard InChI is InChI=1S/C20H21BrN2O5/c1-4-8-28-16-7-6-14(11-17(16)26-3)20(25)23-22-12-13-9-15(21)19(24)18(10-13)27-5-2/h4,6-7,9-12,24H,1,5,8H2,2-3H3,(H,23,25)/b22-12+. The van der Waals surface area contributed by atoms with Gasteiger partial charge in [-0.05, 0) is 58.7 Å². The van der Waals surface area contributed by atoms with E-state index in [1.807, 2.05) is 6.92 Å². The molecular formula is C20H21BrN2O5. The number of phenolic OH excluding ortho intramolecular Hbond substituents is 1. The van der Waals surface area contributed by atoms with Gasteiger partial charge in [0.2, 0.25) is 0 Å². The molecule has 0 spiro atoms. The van der Waals surface area contributed by atoms with Crippen LogP contribution in [0, 0.1) is 0 Å². The predicted octanol–water partition coefficient (Wildman–Crippen LogP) is 3.89. The molecule has 148 valence electrons. The van der Waals surface area contributed by atoms with E-state index in [0.717, 1.165) is 0 Å². The van der Waals surface area contributed by atoms with Gasteiger partial charge in [-0.2, -0.15) is 5.10 Å². The zero-order chi connectivity index (χ0) is 20.5. The van der Waals surface area contributed by atoms with Gasteiger partial charge in [0.25, 0.3) is 5.91 Å². The Morgan fingerprint density at radius 3 is 2.71 bits per heavy atom. The summed E-state index contributed by atoms with van der Waals surface area (Å²) in [5.41, 5.74) is 3.45. The highest BCUT2D eigenvalue weighted by atomic mass is 79.9. The van der Waals surface area contributed by atoms with Crippen LogP contribution in [-0.4, -0.2) is 37.6 Å². The maximum absolute atomic E-state index is 12.3. The monoisotopic (exact) mass is 448 g/mol. The van der Waals surface area contributed by atoms with Crippen molar-refractivity contribution in [2.24, 2.45) is 5.10 Å². The lowest BCUT2D eigenvalue weighted by molar-refractivity contribution is 0.0954. The number of hydrogen-bond acceptors (Lipinski definition) is 6. The Bertz CT molecular complexity index is 883. The van der Waals surface area contributed by atoms with Gasteiger partial charge < -0.3 is 19.3 Å². The van der Waals surface area contributed by atoms with Crippen molar-refractivity contribution >= 4 is 28.1 Å². The summed E-state index contributed by atoms with van der Waals surface area (Å²) in [5, 5.41) is 13.9. The second-order valence-corrected chi connectivity index (χ2v) is 6.30. The molecular weight excluding hydrogens is 428 g/mol. The summed E-state index contributed by atoms with van der Waals surface area (Å²) in [7, 11) is 1.49. The van der Waals surface area contributed by atoms with E-state index in [1.54, 1.807) is 36.4 Å². The molecule has 2 aromatic carbocycles. The maximum atomic E-state index is 12.3. The molecule has 28 heavy (non-hydrogen) atoms. The van der Waals surface area contributed by atoms with Crippen molar-refractivity contribution in [3.05, 3.63) is 58.6 Å². The molecule has 0 saturated carbocycles. The maximum Gasteiger partial charge on any atom is 0.271 e. The lowest BCUT2D eigenvalue weighted by Gasteiger charge is -2.10. The molecule has 0 unspecified atom stereocenters.